The molecule has 6 heteroatoms. The van der Waals surface area contributed by atoms with Crippen LogP contribution in [0.4, 0.5) is 0 Å². The van der Waals surface area contributed by atoms with Gasteiger partial charge in [0.1, 0.15) is 5.54 Å². The van der Waals surface area contributed by atoms with Crippen molar-refractivity contribution in [2.75, 3.05) is 20.1 Å². The highest BCUT2D eigenvalue weighted by molar-refractivity contribution is 6.29. The molecule has 0 bridgehead atoms. The van der Waals surface area contributed by atoms with E-state index in [2.05, 4.69) is 0 Å². The third-order valence-corrected chi connectivity index (χ3v) is 3.44. The molecule has 2 rings (SSSR count). The van der Waals surface area contributed by atoms with Crippen LogP contribution >= 0.6 is 11.6 Å². The summed E-state index contributed by atoms with van der Waals surface area (Å²) in [6.45, 7) is 4.45. The third-order valence-electron chi connectivity index (χ3n) is 3.23. The molecular weight excluding hydrogens is 256 g/mol. The summed E-state index contributed by atoms with van der Waals surface area (Å²) in [4.78, 5) is 27.5. The SMILES string of the molecule is CN1CCN(C(=O)c2ccc(Cl)o2)C(C)(C)C1=O. The lowest BCUT2D eigenvalue weighted by Crippen LogP contribution is -2.63. The molecule has 0 atom stereocenters. The lowest BCUT2D eigenvalue weighted by atomic mass is 9.97. The lowest BCUT2D eigenvalue weighted by molar-refractivity contribution is -0.144. The van der Waals surface area contributed by atoms with E-state index in [4.69, 9.17) is 16.0 Å². The number of furan rings is 1. The Balaban J connectivity index is 2.28. The fourth-order valence-corrected chi connectivity index (χ4v) is 2.28. The number of carbonyl (C=O) groups is 2. The van der Waals surface area contributed by atoms with Crippen LogP contribution in [0.3, 0.4) is 0 Å². The molecule has 1 aromatic heterocycles. The summed E-state index contributed by atoms with van der Waals surface area (Å²) in [7, 11) is 1.73. The molecule has 1 saturated heterocycles. The molecule has 0 aromatic carbocycles. The maximum Gasteiger partial charge on any atom is 0.290 e. The van der Waals surface area contributed by atoms with Crippen LogP contribution in [0.2, 0.25) is 5.22 Å². The van der Waals surface area contributed by atoms with E-state index in [9.17, 15) is 9.59 Å². The molecule has 1 fully saturated rings. The van der Waals surface area contributed by atoms with Gasteiger partial charge in [0.05, 0.1) is 0 Å². The van der Waals surface area contributed by atoms with E-state index in [0.29, 0.717) is 13.1 Å². The largest absolute Gasteiger partial charge is 0.440 e. The Bertz CT molecular complexity index is 495. The van der Waals surface area contributed by atoms with Crippen LogP contribution in [0.15, 0.2) is 16.5 Å². The summed E-state index contributed by atoms with van der Waals surface area (Å²) in [6.07, 6.45) is 0. The van der Waals surface area contributed by atoms with Crippen molar-refractivity contribution < 1.29 is 14.0 Å². The van der Waals surface area contributed by atoms with Crippen LogP contribution in [-0.2, 0) is 4.79 Å². The van der Waals surface area contributed by atoms with Crippen LogP contribution in [0.5, 0.6) is 0 Å². The smallest absolute Gasteiger partial charge is 0.290 e. The normalized spacial score (nSPS) is 19.2. The van der Waals surface area contributed by atoms with E-state index in [-0.39, 0.29) is 22.8 Å². The van der Waals surface area contributed by atoms with E-state index in [1.165, 1.54) is 17.0 Å². The second kappa shape index (κ2) is 4.31. The third kappa shape index (κ3) is 1.99. The Morgan fingerprint density at radius 1 is 1.39 bits per heavy atom. The molecule has 1 aliphatic rings. The van der Waals surface area contributed by atoms with Crippen molar-refractivity contribution in [1.82, 2.24) is 9.80 Å². The van der Waals surface area contributed by atoms with Gasteiger partial charge < -0.3 is 14.2 Å². The molecule has 98 valence electrons. The first-order valence-electron chi connectivity index (χ1n) is 5.67. The van der Waals surface area contributed by atoms with Crippen molar-refractivity contribution in [3.63, 3.8) is 0 Å². The summed E-state index contributed by atoms with van der Waals surface area (Å²) < 4.78 is 5.10. The van der Waals surface area contributed by atoms with Gasteiger partial charge in [-0.05, 0) is 37.6 Å². The van der Waals surface area contributed by atoms with E-state index < -0.39 is 5.54 Å². The topological polar surface area (TPSA) is 53.8 Å². The fraction of sp³-hybridized carbons (Fsp3) is 0.500. The van der Waals surface area contributed by atoms with Crippen molar-refractivity contribution >= 4 is 23.4 Å². The van der Waals surface area contributed by atoms with Gasteiger partial charge in [-0.2, -0.15) is 0 Å². The first kappa shape index (κ1) is 13.0. The Morgan fingerprint density at radius 3 is 2.61 bits per heavy atom. The van der Waals surface area contributed by atoms with Crippen LogP contribution in [0.1, 0.15) is 24.4 Å². The van der Waals surface area contributed by atoms with Gasteiger partial charge in [-0.1, -0.05) is 0 Å². The van der Waals surface area contributed by atoms with Crippen molar-refractivity contribution in [3.8, 4) is 0 Å². The van der Waals surface area contributed by atoms with Crippen LogP contribution < -0.4 is 0 Å². The Hall–Kier alpha value is -1.49. The highest BCUT2D eigenvalue weighted by atomic mass is 35.5. The van der Waals surface area contributed by atoms with Crippen molar-refractivity contribution in [3.05, 3.63) is 23.1 Å². The zero-order valence-corrected chi connectivity index (χ0v) is 11.3. The lowest BCUT2D eigenvalue weighted by Gasteiger charge is -2.44. The van der Waals surface area contributed by atoms with Crippen LogP contribution in [0.25, 0.3) is 0 Å². The average molecular weight is 271 g/mol. The maximum atomic E-state index is 12.3. The Morgan fingerprint density at radius 2 is 2.06 bits per heavy atom. The first-order chi connectivity index (χ1) is 8.34. The summed E-state index contributed by atoms with van der Waals surface area (Å²) in [6, 6.07) is 3.03. The predicted molar refractivity (Wildman–Crippen MR) is 66.5 cm³/mol. The summed E-state index contributed by atoms with van der Waals surface area (Å²) in [5.41, 5.74) is -0.872. The number of piperazine rings is 1. The number of hydrogen-bond acceptors (Lipinski definition) is 3. The monoisotopic (exact) mass is 270 g/mol. The molecule has 1 aliphatic heterocycles. The van der Waals surface area contributed by atoms with Crippen molar-refractivity contribution in [2.24, 2.45) is 0 Å². The second-order valence-electron chi connectivity index (χ2n) is 4.85. The molecule has 0 saturated carbocycles. The standard InChI is InChI=1S/C12H15ClN2O3/c1-12(2)11(17)14(3)6-7-15(12)10(16)8-4-5-9(13)18-8/h4-5H,6-7H2,1-3H3. The predicted octanol–water partition coefficient (Wildman–Crippen LogP) is 1.63. The van der Waals surface area contributed by atoms with Gasteiger partial charge in [0, 0.05) is 20.1 Å². The van der Waals surface area contributed by atoms with Gasteiger partial charge in [0.25, 0.3) is 5.91 Å². The highest BCUT2D eigenvalue weighted by Crippen LogP contribution is 2.25. The zero-order chi connectivity index (χ0) is 13.5. The minimum atomic E-state index is -0.872. The van der Waals surface area contributed by atoms with E-state index in [0.717, 1.165) is 0 Å². The van der Waals surface area contributed by atoms with Gasteiger partial charge >= 0.3 is 0 Å². The first-order valence-corrected chi connectivity index (χ1v) is 6.04. The van der Waals surface area contributed by atoms with Gasteiger partial charge in [-0.15, -0.1) is 0 Å². The minimum absolute atomic E-state index is 0.0836. The number of halogens is 1. The molecule has 0 spiro atoms. The molecule has 5 nitrogen and oxygen atoms in total. The number of hydrogen-bond donors (Lipinski definition) is 0. The van der Waals surface area contributed by atoms with Gasteiger partial charge in [0.15, 0.2) is 11.0 Å². The molecule has 0 unspecified atom stereocenters. The highest BCUT2D eigenvalue weighted by Gasteiger charge is 2.43. The molecule has 2 heterocycles. The summed E-state index contributed by atoms with van der Waals surface area (Å²) in [5.74, 6) is -0.237. The maximum absolute atomic E-state index is 12.3. The quantitative estimate of drug-likeness (QED) is 0.779. The molecule has 18 heavy (non-hydrogen) atoms. The molecule has 0 N–H and O–H groups in total. The van der Waals surface area contributed by atoms with Crippen molar-refractivity contribution in [2.45, 2.75) is 19.4 Å². The van der Waals surface area contributed by atoms with Crippen LogP contribution in [0, 0.1) is 0 Å². The number of amides is 2. The van der Waals surface area contributed by atoms with E-state index in [1.54, 1.807) is 25.8 Å². The van der Waals surface area contributed by atoms with Gasteiger partial charge in [-0.3, -0.25) is 9.59 Å². The Kier molecular flexibility index (Phi) is 3.11. The second-order valence-corrected chi connectivity index (χ2v) is 5.22. The van der Waals surface area contributed by atoms with E-state index in [1.807, 2.05) is 0 Å². The van der Waals surface area contributed by atoms with Crippen LogP contribution in [-0.4, -0.2) is 47.3 Å². The zero-order valence-electron chi connectivity index (χ0n) is 10.6. The van der Waals surface area contributed by atoms with Gasteiger partial charge in [0.2, 0.25) is 5.91 Å². The molecular formula is C12H15ClN2O3. The molecule has 0 radical (unpaired) electrons. The minimum Gasteiger partial charge on any atom is -0.440 e. The number of nitrogens with zero attached hydrogens (tertiary/aromatic N) is 2. The summed E-state index contributed by atoms with van der Waals surface area (Å²) in [5, 5.41) is 0.164. The number of carbonyl (C=O) groups excluding carboxylic acids is 2. The average Bonchev–Trinajstić information content (AvgIpc) is 2.72. The number of rotatable bonds is 1. The molecule has 2 amide bonds. The van der Waals surface area contributed by atoms with Crippen molar-refractivity contribution in [1.29, 1.82) is 0 Å². The molecule has 1 aromatic rings. The van der Waals surface area contributed by atoms with Gasteiger partial charge in [-0.25, -0.2) is 0 Å². The fourth-order valence-electron chi connectivity index (χ4n) is 2.13. The molecule has 0 aliphatic carbocycles. The number of likely N-dealkylation sites (N-methyl/N-ethyl adjacent to an activating group) is 1. The Labute approximate surface area is 110 Å². The summed E-state index contributed by atoms with van der Waals surface area (Å²) >= 11 is 5.65. The van der Waals surface area contributed by atoms with E-state index >= 15 is 0 Å².